The van der Waals surface area contributed by atoms with Gasteiger partial charge in [-0.3, -0.25) is 14.9 Å². The van der Waals surface area contributed by atoms with Crippen molar-refractivity contribution >= 4 is 28.9 Å². The minimum absolute atomic E-state index is 0.0248. The Labute approximate surface area is 162 Å². The second-order valence-corrected chi connectivity index (χ2v) is 6.78. The Morgan fingerprint density at radius 3 is 2.52 bits per heavy atom. The van der Waals surface area contributed by atoms with Crippen LogP contribution in [0.15, 0.2) is 42.5 Å². The first-order chi connectivity index (χ1) is 13.0. The van der Waals surface area contributed by atoms with E-state index in [-0.39, 0.29) is 16.3 Å². The fraction of sp³-hybridized carbons (Fsp3) is 0.316. The number of amides is 1. The molecule has 2 aromatic rings. The van der Waals surface area contributed by atoms with Crippen LogP contribution < -0.4 is 4.90 Å². The van der Waals surface area contributed by atoms with Gasteiger partial charge >= 0.3 is 0 Å². The lowest BCUT2D eigenvalue weighted by Gasteiger charge is -2.29. The van der Waals surface area contributed by atoms with E-state index in [2.05, 4.69) is 4.90 Å². The number of nitro benzene ring substituents is 1. The molecule has 1 heterocycles. The van der Waals surface area contributed by atoms with Gasteiger partial charge in [-0.05, 0) is 29.8 Å². The van der Waals surface area contributed by atoms with Crippen molar-refractivity contribution in [1.29, 1.82) is 0 Å². The lowest BCUT2D eigenvalue weighted by atomic mass is 10.1. The number of nitro groups is 1. The van der Waals surface area contributed by atoms with Crippen LogP contribution >= 0.6 is 11.6 Å². The lowest BCUT2D eigenvalue weighted by Crippen LogP contribution is -2.36. The zero-order valence-electron chi connectivity index (χ0n) is 14.9. The molecule has 0 atom stereocenters. The van der Waals surface area contributed by atoms with Gasteiger partial charge in [-0.2, -0.15) is 0 Å². The third-order valence-corrected chi connectivity index (χ3v) is 4.70. The van der Waals surface area contributed by atoms with E-state index in [9.17, 15) is 14.9 Å². The SMILES string of the molecule is CN(Cc1ccc(N2CCOCC2)cc1)C(=O)c1ccc(Cl)cc1[N+](=O)[O-]. The summed E-state index contributed by atoms with van der Waals surface area (Å²) >= 11 is 5.81. The van der Waals surface area contributed by atoms with Crippen molar-refractivity contribution in [2.75, 3.05) is 38.3 Å². The molecule has 8 heteroatoms. The van der Waals surface area contributed by atoms with Gasteiger partial charge in [0.15, 0.2) is 0 Å². The average Bonchev–Trinajstić information content (AvgIpc) is 2.68. The molecule has 0 saturated carbocycles. The monoisotopic (exact) mass is 389 g/mol. The van der Waals surface area contributed by atoms with Crippen molar-refractivity contribution in [2.45, 2.75) is 6.54 Å². The van der Waals surface area contributed by atoms with Gasteiger partial charge in [-0.1, -0.05) is 23.7 Å². The molecule has 0 unspecified atom stereocenters. The predicted molar refractivity (Wildman–Crippen MR) is 103 cm³/mol. The minimum atomic E-state index is -0.593. The van der Waals surface area contributed by atoms with E-state index >= 15 is 0 Å². The number of carbonyl (C=O) groups is 1. The van der Waals surface area contributed by atoms with Gasteiger partial charge in [0, 0.05) is 43.5 Å². The highest BCUT2D eigenvalue weighted by Crippen LogP contribution is 2.25. The smallest absolute Gasteiger partial charge is 0.283 e. The molecule has 1 aliphatic heterocycles. The van der Waals surface area contributed by atoms with Crippen molar-refractivity contribution in [3.05, 3.63) is 68.7 Å². The van der Waals surface area contributed by atoms with Crippen LogP contribution in [0.1, 0.15) is 15.9 Å². The molecule has 0 bridgehead atoms. The summed E-state index contributed by atoms with van der Waals surface area (Å²) in [5.41, 5.74) is 1.79. The summed E-state index contributed by atoms with van der Waals surface area (Å²) in [6.07, 6.45) is 0. The first-order valence-electron chi connectivity index (χ1n) is 8.57. The topological polar surface area (TPSA) is 75.9 Å². The normalized spacial score (nSPS) is 14.1. The molecule has 1 saturated heterocycles. The van der Waals surface area contributed by atoms with Crippen LogP contribution in [0, 0.1) is 10.1 Å². The molecular weight excluding hydrogens is 370 g/mol. The quantitative estimate of drug-likeness (QED) is 0.579. The largest absolute Gasteiger partial charge is 0.378 e. The van der Waals surface area contributed by atoms with Gasteiger partial charge in [0.2, 0.25) is 0 Å². The molecule has 0 radical (unpaired) electrons. The maximum Gasteiger partial charge on any atom is 0.283 e. The number of halogens is 1. The number of ether oxygens (including phenoxy) is 1. The second kappa shape index (κ2) is 8.37. The van der Waals surface area contributed by atoms with Crippen LogP contribution in [0.4, 0.5) is 11.4 Å². The van der Waals surface area contributed by atoms with Gasteiger partial charge < -0.3 is 14.5 Å². The van der Waals surface area contributed by atoms with E-state index in [1.165, 1.54) is 23.1 Å². The molecule has 0 aromatic heterocycles. The molecule has 27 heavy (non-hydrogen) atoms. The van der Waals surface area contributed by atoms with Gasteiger partial charge in [0.1, 0.15) is 5.56 Å². The summed E-state index contributed by atoms with van der Waals surface area (Å²) < 4.78 is 5.36. The Morgan fingerprint density at radius 2 is 1.89 bits per heavy atom. The number of nitrogens with zero attached hydrogens (tertiary/aromatic N) is 3. The van der Waals surface area contributed by atoms with Crippen molar-refractivity contribution in [1.82, 2.24) is 4.90 Å². The highest BCUT2D eigenvalue weighted by Gasteiger charge is 2.23. The first-order valence-corrected chi connectivity index (χ1v) is 8.94. The van der Waals surface area contributed by atoms with Crippen LogP contribution in [-0.2, 0) is 11.3 Å². The van der Waals surface area contributed by atoms with Crippen LogP contribution in [0.5, 0.6) is 0 Å². The lowest BCUT2D eigenvalue weighted by molar-refractivity contribution is -0.385. The van der Waals surface area contributed by atoms with E-state index in [1.807, 2.05) is 24.3 Å². The molecule has 1 aliphatic rings. The number of carbonyl (C=O) groups excluding carboxylic acids is 1. The van der Waals surface area contributed by atoms with Crippen molar-refractivity contribution in [3.8, 4) is 0 Å². The number of hydrogen-bond donors (Lipinski definition) is 0. The zero-order valence-corrected chi connectivity index (χ0v) is 15.7. The third kappa shape index (κ3) is 4.56. The zero-order chi connectivity index (χ0) is 19.4. The van der Waals surface area contributed by atoms with E-state index in [1.54, 1.807) is 7.05 Å². The van der Waals surface area contributed by atoms with Crippen LogP contribution in [-0.4, -0.2) is 49.1 Å². The van der Waals surface area contributed by atoms with Gasteiger partial charge in [0.05, 0.1) is 18.1 Å². The second-order valence-electron chi connectivity index (χ2n) is 6.35. The van der Waals surface area contributed by atoms with Gasteiger partial charge in [-0.25, -0.2) is 0 Å². The van der Waals surface area contributed by atoms with Crippen molar-refractivity contribution in [3.63, 3.8) is 0 Å². The molecule has 0 N–H and O–H groups in total. The van der Waals surface area contributed by atoms with Crippen LogP contribution in [0.3, 0.4) is 0 Å². The molecule has 0 spiro atoms. The Balaban J connectivity index is 1.70. The highest BCUT2D eigenvalue weighted by molar-refractivity contribution is 6.31. The van der Waals surface area contributed by atoms with Crippen LogP contribution in [0.25, 0.3) is 0 Å². The van der Waals surface area contributed by atoms with E-state index in [0.29, 0.717) is 6.54 Å². The maximum absolute atomic E-state index is 12.7. The summed E-state index contributed by atoms with van der Waals surface area (Å²) in [4.78, 5) is 27.0. The predicted octanol–water partition coefficient (Wildman–Crippen LogP) is 3.36. The number of benzene rings is 2. The van der Waals surface area contributed by atoms with E-state index < -0.39 is 10.8 Å². The average molecular weight is 390 g/mol. The fourth-order valence-electron chi connectivity index (χ4n) is 3.02. The van der Waals surface area contributed by atoms with Crippen LogP contribution in [0.2, 0.25) is 5.02 Å². The minimum Gasteiger partial charge on any atom is -0.378 e. The first kappa shape index (κ1) is 19.1. The standard InChI is InChI=1S/C19H20ClN3O4/c1-21(19(24)17-7-4-15(20)12-18(17)23(25)26)13-14-2-5-16(6-3-14)22-8-10-27-11-9-22/h2-7,12H,8-11,13H2,1H3. The molecule has 1 fully saturated rings. The number of rotatable bonds is 5. The molecule has 142 valence electrons. The summed E-state index contributed by atoms with van der Waals surface area (Å²) in [6.45, 7) is 3.51. The summed E-state index contributed by atoms with van der Waals surface area (Å²) in [5.74, 6) is -0.421. The molecule has 2 aromatic carbocycles. The molecule has 7 nitrogen and oxygen atoms in total. The fourth-order valence-corrected chi connectivity index (χ4v) is 3.19. The molecule has 0 aliphatic carbocycles. The molecule has 3 rings (SSSR count). The molecular formula is C19H20ClN3O4. The Morgan fingerprint density at radius 1 is 1.22 bits per heavy atom. The summed E-state index contributed by atoms with van der Waals surface area (Å²) in [7, 11) is 1.62. The van der Waals surface area contributed by atoms with Gasteiger partial charge in [-0.15, -0.1) is 0 Å². The Bertz CT molecular complexity index is 835. The van der Waals surface area contributed by atoms with Crippen molar-refractivity contribution in [2.24, 2.45) is 0 Å². The van der Waals surface area contributed by atoms with E-state index in [4.69, 9.17) is 16.3 Å². The molecule has 1 amide bonds. The van der Waals surface area contributed by atoms with E-state index in [0.717, 1.165) is 37.6 Å². The van der Waals surface area contributed by atoms with Gasteiger partial charge in [0.25, 0.3) is 11.6 Å². The summed E-state index contributed by atoms with van der Waals surface area (Å²) in [6, 6.07) is 12.0. The van der Waals surface area contributed by atoms with Crippen molar-refractivity contribution < 1.29 is 14.5 Å². The number of hydrogen-bond acceptors (Lipinski definition) is 5. The number of anilines is 1. The highest BCUT2D eigenvalue weighted by atomic mass is 35.5. The maximum atomic E-state index is 12.7. The summed E-state index contributed by atoms with van der Waals surface area (Å²) in [5, 5.41) is 11.4. The Kier molecular flexibility index (Phi) is 5.93. The Hall–Kier alpha value is -2.64. The third-order valence-electron chi connectivity index (χ3n) is 4.47. The number of morpholine rings is 1.